The summed E-state index contributed by atoms with van der Waals surface area (Å²) in [5, 5.41) is 9.62. The summed E-state index contributed by atoms with van der Waals surface area (Å²) < 4.78 is 0. The number of aromatic nitrogens is 1. The number of nitrogens with two attached hydrogens (primary N) is 1. The molecule has 0 radical (unpaired) electrons. The SMILES string of the molecule is CC1CN(C(=O)c2ccc(N)nc2)CCC1O. The highest BCUT2D eigenvalue weighted by Gasteiger charge is 2.27. The molecular formula is C12H17N3O2. The lowest BCUT2D eigenvalue weighted by atomic mass is 9.96. The molecule has 0 aliphatic carbocycles. The van der Waals surface area contributed by atoms with E-state index in [4.69, 9.17) is 5.73 Å². The Bertz CT molecular complexity index is 405. The summed E-state index contributed by atoms with van der Waals surface area (Å²) >= 11 is 0. The van der Waals surface area contributed by atoms with Crippen molar-refractivity contribution < 1.29 is 9.90 Å². The van der Waals surface area contributed by atoms with Crippen molar-refractivity contribution >= 4 is 11.7 Å². The van der Waals surface area contributed by atoms with Crippen LogP contribution < -0.4 is 5.73 Å². The normalized spacial score (nSPS) is 24.7. The van der Waals surface area contributed by atoms with Crippen LogP contribution in [-0.2, 0) is 0 Å². The van der Waals surface area contributed by atoms with Crippen LogP contribution in [0.4, 0.5) is 5.82 Å². The third-order valence-corrected chi connectivity index (χ3v) is 3.18. The van der Waals surface area contributed by atoms with Gasteiger partial charge in [-0.25, -0.2) is 4.98 Å². The maximum Gasteiger partial charge on any atom is 0.255 e. The topological polar surface area (TPSA) is 79.5 Å². The number of nitrogens with zero attached hydrogens (tertiary/aromatic N) is 2. The van der Waals surface area contributed by atoms with Crippen LogP contribution in [0.15, 0.2) is 18.3 Å². The first-order valence-electron chi connectivity index (χ1n) is 5.77. The number of hydrogen-bond acceptors (Lipinski definition) is 4. The Morgan fingerprint density at radius 1 is 1.59 bits per heavy atom. The fraction of sp³-hybridized carbons (Fsp3) is 0.500. The quantitative estimate of drug-likeness (QED) is 0.743. The lowest BCUT2D eigenvalue weighted by Gasteiger charge is -2.34. The average Bonchev–Trinajstić information content (AvgIpc) is 2.33. The van der Waals surface area contributed by atoms with E-state index in [1.54, 1.807) is 17.0 Å². The van der Waals surface area contributed by atoms with Gasteiger partial charge >= 0.3 is 0 Å². The van der Waals surface area contributed by atoms with Crippen molar-refractivity contribution in [2.45, 2.75) is 19.4 Å². The summed E-state index contributed by atoms with van der Waals surface area (Å²) in [5.74, 6) is 0.481. The number of anilines is 1. The highest BCUT2D eigenvalue weighted by molar-refractivity contribution is 5.94. The first-order valence-corrected chi connectivity index (χ1v) is 5.77. The minimum Gasteiger partial charge on any atom is -0.393 e. The molecule has 2 heterocycles. The minimum absolute atomic E-state index is 0.0451. The van der Waals surface area contributed by atoms with Crippen molar-refractivity contribution in [2.75, 3.05) is 18.8 Å². The fourth-order valence-corrected chi connectivity index (χ4v) is 2.03. The summed E-state index contributed by atoms with van der Waals surface area (Å²) in [5.41, 5.74) is 6.02. The van der Waals surface area contributed by atoms with Crippen molar-refractivity contribution in [3.05, 3.63) is 23.9 Å². The predicted octanol–water partition coefficient (Wildman–Crippen LogP) is 0.507. The van der Waals surface area contributed by atoms with Crippen LogP contribution in [0, 0.1) is 5.92 Å². The maximum absolute atomic E-state index is 12.1. The number of carbonyl (C=O) groups excluding carboxylic acids is 1. The van der Waals surface area contributed by atoms with Gasteiger partial charge in [-0.2, -0.15) is 0 Å². The Balaban J connectivity index is 2.08. The third kappa shape index (κ3) is 2.55. The molecule has 0 spiro atoms. The zero-order valence-corrected chi connectivity index (χ0v) is 9.84. The van der Waals surface area contributed by atoms with E-state index in [9.17, 15) is 9.90 Å². The van der Waals surface area contributed by atoms with E-state index >= 15 is 0 Å². The van der Waals surface area contributed by atoms with Crippen LogP contribution >= 0.6 is 0 Å². The Hall–Kier alpha value is -1.62. The number of likely N-dealkylation sites (tertiary alicyclic amines) is 1. The molecule has 17 heavy (non-hydrogen) atoms. The van der Waals surface area contributed by atoms with E-state index in [0.717, 1.165) is 0 Å². The van der Waals surface area contributed by atoms with E-state index in [1.807, 2.05) is 6.92 Å². The zero-order chi connectivity index (χ0) is 12.4. The molecule has 1 aliphatic heterocycles. The average molecular weight is 235 g/mol. The van der Waals surface area contributed by atoms with Crippen molar-refractivity contribution in [3.8, 4) is 0 Å². The molecule has 1 saturated heterocycles. The number of aliphatic hydroxyl groups is 1. The predicted molar refractivity (Wildman–Crippen MR) is 64.3 cm³/mol. The van der Waals surface area contributed by atoms with E-state index in [-0.39, 0.29) is 17.9 Å². The Kier molecular flexibility index (Phi) is 3.28. The van der Waals surface area contributed by atoms with E-state index in [2.05, 4.69) is 4.98 Å². The number of amides is 1. The van der Waals surface area contributed by atoms with Crippen LogP contribution in [0.3, 0.4) is 0 Å². The number of piperidine rings is 1. The number of rotatable bonds is 1. The number of carbonyl (C=O) groups is 1. The summed E-state index contributed by atoms with van der Waals surface area (Å²) in [4.78, 5) is 17.8. The van der Waals surface area contributed by atoms with Crippen LogP contribution in [0.25, 0.3) is 0 Å². The van der Waals surface area contributed by atoms with Gasteiger partial charge < -0.3 is 15.7 Å². The van der Waals surface area contributed by atoms with Crippen molar-refractivity contribution in [2.24, 2.45) is 5.92 Å². The molecule has 0 saturated carbocycles. The molecule has 3 N–H and O–H groups in total. The largest absolute Gasteiger partial charge is 0.393 e. The van der Waals surface area contributed by atoms with Crippen LogP contribution in [0.1, 0.15) is 23.7 Å². The van der Waals surface area contributed by atoms with Crippen molar-refractivity contribution in [1.82, 2.24) is 9.88 Å². The van der Waals surface area contributed by atoms with Crippen molar-refractivity contribution in [1.29, 1.82) is 0 Å². The third-order valence-electron chi connectivity index (χ3n) is 3.18. The highest BCUT2D eigenvalue weighted by atomic mass is 16.3. The van der Waals surface area contributed by atoms with Gasteiger partial charge in [-0.05, 0) is 24.5 Å². The molecular weight excluding hydrogens is 218 g/mol. The fourth-order valence-electron chi connectivity index (χ4n) is 2.03. The molecule has 2 atom stereocenters. The summed E-state index contributed by atoms with van der Waals surface area (Å²) in [6, 6.07) is 3.30. The molecule has 1 aromatic rings. The summed E-state index contributed by atoms with van der Waals surface area (Å²) in [7, 11) is 0. The van der Waals surface area contributed by atoms with Gasteiger partial charge in [-0.1, -0.05) is 6.92 Å². The second-order valence-electron chi connectivity index (χ2n) is 4.56. The van der Waals surface area contributed by atoms with E-state index in [1.165, 1.54) is 6.20 Å². The van der Waals surface area contributed by atoms with Crippen LogP contribution in [0.2, 0.25) is 0 Å². The Labute approximate surface area is 100 Å². The van der Waals surface area contributed by atoms with Gasteiger partial charge in [0.15, 0.2) is 0 Å². The molecule has 5 nitrogen and oxygen atoms in total. The lowest BCUT2D eigenvalue weighted by molar-refractivity contribution is 0.0297. The van der Waals surface area contributed by atoms with Gasteiger partial charge in [0.05, 0.1) is 11.7 Å². The number of aliphatic hydroxyl groups excluding tert-OH is 1. The Morgan fingerprint density at radius 2 is 2.35 bits per heavy atom. The highest BCUT2D eigenvalue weighted by Crippen LogP contribution is 2.18. The molecule has 1 fully saturated rings. The number of pyridine rings is 1. The molecule has 2 unspecified atom stereocenters. The van der Waals surface area contributed by atoms with Gasteiger partial charge in [0, 0.05) is 19.3 Å². The zero-order valence-electron chi connectivity index (χ0n) is 9.84. The maximum atomic E-state index is 12.1. The molecule has 5 heteroatoms. The van der Waals surface area contributed by atoms with E-state index in [0.29, 0.717) is 30.9 Å². The second kappa shape index (κ2) is 4.71. The van der Waals surface area contributed by atoms with Gasteiger partial charge in [0.25, 0.3) is 5.91 Å². The number of nitrogen functional groups attached to an aromatic ring is 1. The summed E-state index contributed by atoms with van der Waals surface area (Å²) in [6.07, 6.45) is 1.83. The molecule has 1 amide bonds. The molecule has 1 aliphatic rings. The first-order chi connectivity index (χ1) is 8.08. The standard InChI is InChI=1S/C12H17N3O2/c1-8-7-15(5-4-10(8)16)12(17)9-2-3-11(13)14-6-9/h2-3,6,8,10,16H,4-5,7H2,1H3,(H2,13,14). The van der Waals surface area contributed by atoms with E-state index < -0.39 is 0 Å². The first kappa shape index (κ1) is 11.9. The van der Waals surface area contributed by atoms with Gasteiger partial charge in [0.2, 0.25) is 0 Å². The molecule has 0 bridgehead atoms. The number of hydrogen-bond donors (Lipinski definition) is 2. The van der Waals surface area contributed by atoms with Crippen molar-refractivity contribution in [3.63, 3.8) is 0 Å². The van der Waals surface area contributed by atoms with Crippen LogP contribution in [0.5, 0.6) is 0 Å². The molecule has 92 valence electrons. The second-order valence-corrected chi connectivity index (χ2v) is 4.56. The minimum atomic E-state index is -0.302. The molecule has 1 aromatic heterocycles. The molecule has 2 rings (SSSR count). The lowest BCUT2D eigenvalue weighted by Crippen LogP contribution is -2.44. The van der Waals surface area contributed by atoms with Gasteiger partial charge in [-0.3, -0.25) is 4.79 Å². The van der Waals surface area contributed by atoms with Gasteiger partial charge in [0.1, 0.15) is 5.82 Å². The Morgan fingerprint density at radius 3 is 2.94 bits per heavy atom. The summed E-state index contributed by atoms with van der Waals surface area (Å²) in [6.45, 7) is 3.13. The van der Waals surface area contributed by atoms with Gasteiger partial charge in [-0.15, -0.1) is 0 Å². The van der Waals surface area contributed by atoms with Crippen LogP contribution in [-0.4, -0.2) is 40.1 Å². The monoisotopic (exact) mass is 235 g/mol. The smallest absolute Gasteiger partial charge is 0.255 e. The molecule has 0 aromatic carbocycles.